The molecule has 0 aromatic rings. The van der Waals surface area contributed by atoms with Crippen LogP contribution < -0.4 is 0 Å². The topological polar surface area (TPSA) is 89.9 Å². The summed E-state index contributed by atoms with van der Waals surface area (Å²) in [5.41, 5.74) is 0.0790. The van der Waals surface area contributed by atoms with E-state index in [4.69, 9.17) is 5.11 Å². The van der Waals surface area contributed by atoms with Crippen molar-refractivity contribution < 1.29 is 29.0 Å². The average Bonchev–Trinajstić information content (AvgIpc) is 2.22. The molecule has 17 heavy (non-hydrogen) atoms. The van der Waals surface area contributed by atoms with Crippen LogP contribution in [0.4, 0.5) is 0 Å². The van der Waals surface area contributed by atoms with E-state index in [1.165, 1.54) is 6.92 Å². The highest BCUT2D eigenvalue weighted by molar-refractivity contribution is 5.92. The standard InChI is InChI=1S/C11H14O6/c1-7(2)10(14)16-4-5-17-11(15)8(3)6-9(12)13/h1,3-6H2,2H3,(H,12,13). The fourth-order valence-corrected chi connectivity index (χ4v) is 0.749. The fraction of sp³-hybridized carbons (Fsp3) is 0.364. The molecule has 0 atom stereocenters. The Balaban J connectivity index is 3.79. The molecule has 0 heterocycles. The van der Waals surface area contributed by atoms with E-state index in [1.807, 2.05) is 0 Å². The molecule has 0 aliphatic heterocycles. The third kappa shape index (κ3) is 6.88. The van der Waals surface area contributed by atoms with Crippen molar-refractivity contribution >= 4 is 17.9 Å². The van der Waals surface area contributed by atoms with E-state index in [0.717, 1.165) is 0 Å². The van der Waals surface area contributed by atoms with Crippen LogP contribution in [0, 0.1) is 0 Å². The van der Waals surface area contributed by atoms with Crippen LogP contribution in [0.5, 0.6) is 0 Å². The van der Waals surface area contributed by atoms with Crippen molar-refractivity contribution in [1.82, 2.24) is 0 Å². The van der Waals surface area contributed by atoms with Crippen molar-refractivity contribution in [1.29, 1.82) is 0 Å². The second kappa shape index (κ2) is 7.21. The highest BCUT2D eigenvalue weighted by Gasteiger charge is 2.12. The molecule has 0 saturated carbocycles. The molecule has 0 aromatic heterocycles. The zero-order chi connectivity index (χ0) is 13.4. The molecule has 0 aliphatic rings. The molecule has 0 radical (unpaired) electrons. The number of esters is 2. The molecule has 0 amide bonds. The quantitative estimate of drug-likeness (QED) is 0.401. The maximum absolute atomic E-state index is 11.1. The zero-order valence-corrected chi connectivity index (χ0v) is 9.52. The summed E-state index contributed by atoms with van der Waals surface area (Å²) in [6.45, 7) is 7.85. The molecule has 0 aromatic carbocycles. The van der Waals surface area contributed by atoms with Gasteiger partial charge in [-0.25, -0.2) is 9.59 Å². The number of hydrogen-bond acceptors (Lipinski definition) is 5. The van der Waals surface area contributed by atoms with Gasteiger partial charge in [-0.1, -0.05) is 13.2 Å². The Morgan fingerprint density at radius 3 is 1.94 bits per heavy atom. The summed E-state index contributed by atoms with van der Waals surface area (Å²) in [5, 5.41) is 8.39. The van der Waals surface area contributed by atoms with Crippen LogP contribution in [0.25, 0.3) is 0 Å². The van der Waals surface area contributed by atoms with Gasteiger partial charge in [0.05, 0.1) is 6.42 Å². The van der Waals surface area contributed by atoms with Crippen molar-refractivity contribution in [2.45, 2.75) is 13.3 Å². The van der Waals surface area contributed by atoms with Gasteiger partial charge in [-0.15, -0.1) is 0 Å². The Hall–Kier alpha value is -2.11. The second-order valence-electron chi connectivity index (χ2n) is 3.23. The van der Waals surface area contributed by atoms with Crippen LogP contribution >= 0.6 is 0 Å². The van der Waals surface area contributed by atoms with Gasteiger partial charge >= 0.3 is 17.9 Å². The van der Waals surface area contributed by atoms with E-state index in [0.29, 0.717) is 0 Å². The molecule has 0 spiro atoms. The first-order chi connectivity index (χ1) is 7.84. The number of carboxylic acids is 1. The predicted octanol–water partition coefficient (Wildman–Crippen LogP) is 0.680. The molecule has 0 unspecified atom stereocenters. The van der Waals surface area contributed by atoms with Gasteiger partial charge in [0.1, 0.15) is 13.2 Å². The maximum Gasteiger partial charge on any atom is 0.334 e. The minimum atomic E-state index is -1.17. The third-order valence-corrected chi connectivity index (χ3v) is 1.55. The largest absolute Gasteiger partial charge is 0.481 e. The third-order valence-electron chi connectivity index (χ3n) is 1.55. The van der Waals surface area contributed by atoms with Gasteiger partial charge in [0.25, 0.3) is 0 Å². The monoisotopic (exact) mass is 242 g/mol. The van der Waals surface area contributed by atoms with E-state index in [2.05, 4.69) is 22.6 Å². The fourth-order valence-electron chi connectivity index (χ4n) is 0.749. The van der Waals surface area contributed by atoms with E-state index < -0.39 is 24.3 Å². The maximum atomic E-state index is 11.1. The van der Waals surface area contributed by atoms with E-state index in [-0.39, 0.29) is 24.4 Å². The molecule has 0 aliphatic carbocycles. The summed E-state index contributed by atoms with van der Waals surface area (Å²) in [7, 11) is 0. The smallest absolute Gasteiger partial charge is 0.334 e. The molecule has 94 valence electrons. The first-order valence-electron chi connectivity index (χ1n) is 4.74. The number of aliphatic carboxylic acids is 1. The summed E-state index contributed by atoms with van der Waals surface area (Å²) >= 11 is 0. The number of hydrogen-bond donors (Lipinski definition) is 1. The summed E-state index contributed by atoms with van der Waals surface area (Å²) in [4.78, 5) is 32.3. The second-order valence-corrected chi connectivity index (χ2v) is 3.23. The van der Waals surface area contributed by atoms with E-state index >= 15 is 0 Å². The lowest BCUT2D eigenvalue weighted by molar-refractivity contribution is -0.148. The van der Waals surface area contributed by atoms with Crippen molar-refractivity contribution in [3.8, 4) is 0 Å². The highest BCUT2D eigenvalue weighted by Crippen LogP contribution is 2.01. The lowest BCUT2D eigenvalue weighted by Gasteiger charge is -2.06. The van der Waals surface area contributed by atoms with Crippen molar-refractivity contribution in [3.63, 3.8) is 0 Å². The van der Waals surface area contributed by atoms with Gasteiger partial charge in [-0.05, 0) is 6.92 Å². The van der Waals surface area contributed by atoms with Crippen LogP contribution in [0.2, 0.25) is 0 Å². The van der Waals surface area contributed by atoms with Crippen LogP contribution in [0.1, 0.15) is 13.3 Å². The van der Waals surface area contributed by atoms with Gasteiger partial charge in [0.15, 0.2) is 0 Å². The van der Waals surface area contributed by atoms with Gasteiger partial charge in [-0.3, -0.25) is 4.79 Å². The average molecular weight is 242 g/mol. The lowest BCUT2D eigenvalue weighted by Crippen LogP contribution is -2.16. The summed E-state index contributed by atoms with van der Waals surface area (Å²) in [6.07, 6.45) is -0.482. The first-order valence-corrected chi connectivity index (χ1v) is 4.74. The molecule has 0 bridgehead atoms. The number of carbonyl (C=O) groups is 3. The molecule has 6 nitrogen and oxygen atoms in total. The Morgan fingerprint density at radius 2 is 1.53 bits per heavy atom. The van der Waals surface area contributed by atoms with Crippen LogP contribution in [-0.2, 0) is 23.9 Å². The molecule has 6 heteroatoms. The van der Waals surface area contributed by atoms with Crippen LogP contribution in [-0.4, -0.2) is 36.2 Å². The van der Waals surface area contributed by atoms with Crippen LogP contribution in [0.15, 0.2) is 24.3 Å². The van der Waals surface area contributed by atoms with E-state index in [1.54, 1.807) is 0 Å². The molecule has 1 N–H and O–H groups in total. The predicted molar refractivity (Wildman–Crippen MR) is 58.1 cm³/mol. The zero-order valence-electron chi connectivity index (χ0n) is 9.52. The molecule has 0 saturated heterocycles. The van der Waals surface area contributed by atoms with Crippen LogP contribution in [0.3, 0.4) is 0 Å². The molecule has 0 fully saturated rings. The summed E-state index contributed by atoms with van der Waals surface area (Å²) < 4.78 is 9.28. The Bertz CT molecular complexity index is 355. The minimum Gasteiger partial charge on any atom is -0.481 e. The number of carbonyl (C=O) groups excluding carboxylic acids is 2. The van der Waals surface area contributed by atoms with Gasteiger partial charge < -0.3 is 14.6 Å². The van der Waals surface area contributed by atoms with Crippen molar-refractivity contribution in [2.75, 3.05) is 13.2 Å². The lowest BCUT2D eigenvalue weighted by atomic mass is 10.2. The molecular weight excluding hydrogens is 228 g/mol. The summed E-state index contributed by atoms with van der Waals surface area (Å²) in [5.74, 6) is -2.56. The molecular formula is C11H14O6. The van der Waals surface area contributed by atoms with Gasteiger partial charge in [-0.2, -0.15) is 0 Å². The van der Waals surface area contributed by atoms with E-state index in [9.17, 15) is 14.4 Å². The number of rotatable bonds is 7. The highest BCUT2D eigenvalue weighted by atomic mass is 16.6. The van der Waals surface area contributed by atoms with Crippen molar-refractivity contribution in [3.05, 3.63) is 24.3 Å². The molecule has 0 rings (SSSR count). The summed E-state index contributed by atoms with van der Waals surface area (Å²) in [6, 6.07) is 0. The van der Waals surface area contributed by atoms with Gasteiger partial charge in [0.2, 0.25) is 0 Å². The van der Waals surface area contributed by atoms with Gasteiger partial charge in [0, 0.05) is 11.1 Å². The normalized spacial score (nSPS) is 9.24. The first kappa shape index (κ1) is 14.9. The Kier molecular flexibility index (Phi) is 6.32. The number of ether oxygens (including phenoxy) is 2. The Labute approximate surface area is 98.5 Å². The SMILES string of the molecule is C=C(C)C(=O)OCCOC(=O)C(=C)CC(=O)O. The Morgan fingerprint density at radius 1 is 1.06 bits per heavy atom. The minimum absolute atomic E-state index is 0.113. The number of carboxylic acid groups (broad SMARTS) is 1. The van der Waals surface area contributed by atoms with Crippen molar-refractivity contribution in [2.24, 2.45) is 0 Å².